The van der Waals surface area contributed by atoms with E-state index in [1.165, 1.54) is 10.4 Å². The van der Waals surface area contributed by atoms with Gasteiger partial charge in [0.25, 0.3) is 0 Å². The Kier molecular flexibility index (Phi) is 3.56. The van der Waals surface area contributed by atoms with Gasteiger partial charge in [-0.15, -0.1) is 11.3 Å². The molecule has 5 heteroatoms. The molecule has 0 aliphatic carbocycles. The van der Waals surface area contributed by atoms with Gasteiger partial charge in [0.1, 0.15) is 5.15 Å². The van der Waals surface area contributed by atoms with Crippen LogP contribution in [0.4, 0.5) is 0 Å². The monoisotopic (exact) mass is 366 g/mol. The van der Waals surface area contributed by atoms with E-state index in [0.717, 1.165) is 25.8 Å². The molecule has 0 saturated heterocycles. The van der Waals surface area contributed by atoms with E-state index in [1.54, 1.807) is 11.3 Å². The van der Waals surface area contributed by atoms with Gasteiger partial charge in [-0.25, -0.2) is 9.97 Å². The van der Waals surface area contributed by atoms with E-state index in [2.05, 4.69) is 40.8 Å². The molecule has 3 rings (SSSR count). The normalized spacial score (nSPS) is 11.2. The molecule has 0 atom stereocenters. The van der Waals surface area contributed by atoms with Gasteiger partial charge in [0.15, 0.2) is 5.82 Å². The number of hydrogen-bond acceptors (Lipinski definition) is 3. The number of hydrogen-bond donors (Lipinski definition) is 0. The maximum Gasteiger partial charge on any atom is 0.171 e. The lowest BCUT2D eigenvalue weighted by Crippen LogP contribution is -1.93. The van der Waals surface area contributed by atoms with Gasteiger partial charge in [0, 0.05) is 14.7 Å². The average Bonchev–Trinajstić information content (AvgIpc) is 2.74. The van der Waals surface area contributed by atoms with Gasteiger partial charge in [-0.2, -0.15) is 0 Å². The number of nitrogens with zero attached hydrogens (tertiary/aromatic N) is 2. The summed E-state index contributed by atoms with van der Waals surface area (Å²) < 4.78 is 1.03. The lowest BCUT2D eigenvalue weighted by Gasteiger charge is -2.07. The van der Waals surface area contributed by atoms with Crippen LogP contribution >= 0.6 is 38.9 Å². The van der Waals surface area contributed by atoms with Crippen LogP contribution in [-0.2, 0) is 0 Å². The Bertz CT molecular complexity index is 807. The van der Waals surface area contributed by atoms with Crippen LogP contribution in [0.2, 0.25) is 5.15 Å². The van der Waals surface area contributed by atoms with Crippen LogP contribution in [0.1, 0.15) is 16.0 Å². The highest BCUT2D eigenvalue weighted by atomic mass is 79.9. The zero-order valence-corrected chi connectivity index (χ0v) is 14.4. The summed E-state index contributed by atoms with van der Waals surface area (Å²) in [5.41, 5.74) is 3.24. The van der Waals surface area contributed by atoms with Crippen molar-refractivity contribution >= 4 is 49.8 Å². The highest BCUT2D eigenvalue weighted by Crippen LogP contribution is 2.33. The van der Waals surface area contributed by atoms with Crippen LogP contribution in [0.5, 0.6) is 0 Å². The van der Waals surface area contributed by atoms with E-state index in [0.29, 0.717) is 11.0 Å². The van der Waals surface area contributed by atoms with E-state index in [1.807, 2.05) is 19.1 Å². The molecular weight excluding hydrogens is 356 g/mol. The summed E-state index contributed by atoms with van der Waals surface area (Å²) in [7, 11) is 0. The second kappa shape index (κ2) is 5.10. The summed E-state index contributed by atoms with van der Waals surface area (Å²) in [6.45, 7) is 6.23. The van der Waals surface area contributed by atoms with Crippen molar-refractivity contribution in [1.82, 2.24) is 9.97 Å². The van der Waals surface area contributed by atoms with Crippen molar-refractivity contribution < 1.29 is 0 Å². The van der Waals surface area contributed by atoms with E-state index >= 15 is 0 Å². The molecule has 0 spiro atoms. The zero-order chi connectivity index (χ0) is 14.4. The highest BCUT2D eigenvalue weighted by Gasteiger charge is 2.13. The quantitative estimate of drug-likeness (QED) is 0.516. The molecule has 0 bridgehead atoms. The van der Waals surface area contributed by atoms with Crippen LogP contribution in [0.3, 0.4) is 0 Å². The molecule has 0 fully saturated rings. The fourth-order valence-electron chi connectivity index (χ4n) is 2.06. The Balaban J connectivity index is 2.30. The predicted octanol–water partition coefficient (Wildman–Crippen LogP) is 5.70. The Morgan fingerprint density at radius 2 is 1.90 bits per heavy atom. The van der Waals surface area contributed by atoms with Crippen LogP contribution in [-0.4, -0.2) is 9.97 Å². The number of aryl methyl sites for hydroxylation is 3. The van der Waals surface area contributed by atoms with Crippen LogP contribution < -0.4 is 0 Å². The maximum absolute atomic E-state index is 6.32. The van der Waals surface area contributed by atoms with E-state index in [4.69, 9.17) is 16.6 Å². The number of aromatic nitrogens is 2. The lowest BCUT2D eigenvalue weighted by molar-refractivity contribution is 1.22. The fourth-order valence-corrected chi connectivity index (χ4v) is 3.58. The number of fused-ring (bicyclic) bond motifs is 1. The van der Waals surface area contributed by atoms with Gasteiger partial charge in [0.2, 0.25) is 0 Å². The van der Waals surface area contributed by atoms with E-state index in [9.17, 15) is 0 Å². The minimum atomic E-state index is 0.504. The van der Waals surface area contributed by atoms with E-state index in [-0.39, 0.29) is 0 Å². The fraction of sp³-hybridized carbons (Fsp3) is 0.200. The van der Waals surface area contributed by atoms with Gasteiger partial charge >= 0.3 is 0 Å². The summed E-state index contributed by atoms with van der Waals surface area (Å²) in [6.07, 6.45) is 0. The van der Waals surface area contributed by atoms with Crippen molar-refractivity contribution in [3.05, 3.63) is 43.8 Å². The third kappa shape index (κ3) is 2.26. The molecule has 0 saturated carbocycles. The third-order valence-electron chi connectivity index (χ3n) is 3.40. The largest absolute Gasteiger partial charge is 0.227 e. The van der Waals surface area contributed by atoms with Gasteiger partial charge in [-0.1, -0.05) is 27.5 Å². The van der Waals surface area contributed by atoms with Crippen molar-refractivity contribution in [2.45, 2.75) is 20.8 Å². The predicted molar refractivity (Wildman–Crippen MR) is 89.8 cm³/mol. The second-order valence-electron chi connectivity index (χ2n) is 4.76. The summed E-state index contributed by atoms with van der Waals surface area (Å²) >= 11 is 11.6. The first-order valence-corrected chi connectivity index (χ1v) is 8.16. The van der Waals surface area contributed by atoms with Gasteiger partial charge in [-0.05, 0) is 50.1 Å². The minimum absolute atomic E-state index is 0.504. The first-order valence-electron chi connectivity index (χ1n) is 6.17. The SMILES string of the molecule is Cc1cc(-c2nc(Cl)c3ccc(Br)c(C)c3n2)sc1C. The molecule has 0 aliphatic heterocycles. The molecule has 0 aliphatic rings. The highest BCUT2D eigenvalue weighted by molar-refractivity contribution is 9.10. The molecule has 0 radical (unpaired) electrons. The molecule has 0 amide bonds. The Hall–Kier alpha value is -0.970. The number of rotatable bonds is 1. The minimum Gasteiger partial charge on any atom is -0.227 e. The maximum atomic E-state index is 6.32. The molecule has 2 heterocycles. The van der Waals surface area contributed by atoms with Gasteiger partial charge in [0.05, 0.1) is 10.4 Å². The number of benzene rings is 1. The van der Waals surface area contributed by atoms with Crippen molar-refractivity contribution in [2.24, 2.45) is 0 Å². The van der Waals surface area contributed by atoms with Crippen LogP contribution in [0.15, 0.2) is 22.7 Å². The standard InChI is InChI=1S/C15H12BrClN2S/c1-7-6-12(20-9(7)3)15-18-13-8(2)11(16)5-4-10(13)14(17)19-15/h4-6H,1-3H3. The van der Waals surface area contributed by atoms with Crippen LogP contribution in [0, 0.1) is 20.8 Å². The third-order valence-corrected chi connectivity index (χ3v) is 5.69. The van der Waals surface area contributed by atoms with Crippen LogP contribution in [0.25, 0.3) is 21.6 Å². The molecule has 2 nitrogen and oxygen atoms in total. The topological polar surface area (TPSA) is 25.8 Å². The Morgan fingerprint density at radius 3 is 2.55 bits per heavy atom. The molecular formula is C15H12BrClN2S. The molecule has 20 heavy (non-hydrogen) atoms. The molecule has 102 valence electrons. The average molecular weight is 368 g/mol. The van der Waals surface area contributed by atoms with Crippen molar-refractivity contribution in [3.8, 4) is 10.7 Å². The Morgan fingerprint density at radius 1 is 1.15 bits per heavy atom. The summed E-state index contributed by atoms with van der Waals surface area (Å²) in [5.74, 6) is 0.699. The molecule has 3 aromatic rings. The summed E-state index contributed by atoms with van der Waals surface area (Å²) in [5, 5.41) is 1.39. The number of halogens is 2. The molecule has 0 unspecified atom stereocenters. The first-order chi connectivity index (χ1) is 9.47. The second-order valence-corrected chi connectivity index (χ2v) is 7.23. The Labute approximate surface area is 135 Å². The lowest BCUT2D eigenvalue weighted by atomic mass is 10.1. The molecule has 2 aromatic heterocycles. The van der Waals surface area contributed by atoms with Gasteiger partial charge in [-0.3, -0.25) is 0 Å². The van der Waals surface area contributed by atoms with Crippen molar-refractivity contribution in [1.29, 1.82) is 0 Å². The number of thiophene rings is 1. The molecule has 0 N–H and O–H groups in total. The summed E-state index contributed by atoms with van der Waals surface area (Å²) in [6, 6.07) is 6.04. The van der Waals surface area contributed by atoms with E-state index < -0.39 is 0 Å². The first kappa shape index (κ1) is 14.0. The van der Waals surface area contributed by atoms with Crippen molar-refractivity contribution in [3.63, 3.8) is 0 Å². The smallest absolute Gasteiger partial charge is 0.171 e. The van der Waals surface area contributed by atoms with Gasteiger partial charge < -0.3 is 0 Å². The molecule has 1 aromatic carbocycles. The van der Waals surface area contributed by atoms with Crippen molar-refractivity contribution in [2.75, 3.05) is 0 Å². The zero-order valence-electron chi connectivity index (χ0n) is 11.3. The summed E-state index contributed by atoms with van der Waals surface area (Å²) in [4.78, 5) is 11.5.